The monoisotopic (exact) mass is 265 g/mol. The molecule has 0 saturated heterocycles. The molecular weight excluding hydrogens is 249 g/mol. The van der Waals surface area contributed by atoms with Crippen molar-refractivity contribution in [3.05, 3.63) is 34.8 Å². The topological polar surface area (TPSA) is 37.8 Å². The van der Waals surface area contributed by atoms with Crippen molar-refractivity contribution >= 4 is 11.3 Å². The Kier molecular flexibility index (Phi) is 4.04. The third-order valence-corrected chi connectivity index (χ3v) is 3.76. The second-order valence-corrected chi connectivity index (χ2v) is 5.50. The lowest BCUT2D eigenvalue weighted by Gasteiger charge is -2.05. The number of hydrogen-bond donors (Lipinski definition) is 1. The summed E-state index contributed by atoms with van der Waals surface area (Å²) >= 11 is 1.53. The molecule has 0 fully saturated rings. The maximum absolute atomic E-state index is 13.6. The summed E-state index contributed by atoms with van der Waals surface area (Å²) in [5.41, 5.74) is 1.48. The van der Waals surface area contributed by atoms with Gasteiger partial charge in [0, 0.05) is 29.2 Å². The van der Waals surface area contributed by atoms with E-state index in [1.54, 1.807) is 12.3 Å². The van der Waals surface area contributed by atoms with Crippen LogP contribution in [0.4, 0.5) is 4.39 Å². The van der Waals surface area contributed by atoms with Crippen molar-refractivity contribution in [3.8, 4) is 10.6 Å². The fraction of sp³-hybridized carbons (Fsp3) is 0.385. The standard InChI is InChI=1S/C13H16FN3S/c1-8(2)16-7-12-9(3)17-13(18-12)10-4-5-15-6-11(10)14/h4-6,8,16H,7H2,1-3H3. The molecule has 0 saturated carbocycles. The van der Waals surface area contributed by atoms with Gasteiger partial charge in [0.15, 0.2) is 5.82 Å². The highest BCUT2D eigenvalue weighted by atomic mass is 32.1. The largest absolute Gasteiger partial charge is 0.310 e. The first-order chi connectivity index (χ1) is 8.58. The summed E-state index contributed by atoms with van der Waals surface area (Å²) in [7, 11) is 0. The molecule has 0 atom stereocenters. The van der Waals surface area contributed by atoms with E-state index in [9.17, 15) is 4.39 Å². The van der Waals surface area contributed by atoms with Gasteiger partial charge in [0.1, 0.15) is 5.01 Å². The highest BCUT2D eigenvalue weighted by molar-refractivity contribution is 7.15. The molecule has 96 valence electrons. The predicted molar refractivity (Wildman–Crippen MR) is 72.0 cm³/mol. The van der Waals surface area contributed by atoms with Gasteiger partial charge >= 0.3 is 0 Å². The van der Waals surface area contributed by atoms with Gasteiger partial charge in [-0.1, -0.05) is 13.8 Å². The van der Waals surface area contributed by atoms with Crippen LogP contribution in [0.2, 0.25) is 0 Å². The van der Waals surface area contributed by atoms with Crippen molar-refractivity contribution in [2.75, 3.05) is 0 Å². The average Bonchev–Trinajstić information content (AvgIpc) is 2.68. The van der Waals surface area contributed by atoms with Crippen LogP contribution in [0.1, 0.15) is 24.4 Å². The minimum Gasteiger partial charge on any atom is -0.310 e. The predicted octanol–water partition coefficient (Wildman–Crippen LogP) is 3.15. The normalized spacial score (nSPS) is 11.2. The molecule has 0 aromatic carbocycles. The van der Waals surface area contributed by atoms with Crippen molar-refractivity contribution in [2.45, 2.75) is 33.4 Å². The number of aromatic nitrogens is 2. The first kappa shape index (κ1) is 13.1. The number of pyridine rings is 1. The first-order valence-corrected chi connectivity index (χ1v) is 6.69. The number of nitrogens with zero attached hydrogens (tertiary/aromatic N) is 2. The highest BCUT2D eigenvalue weighted by Gasteiger charge is 2.12. The Morgan fingerprint density at radius 3 is 2.89 bits per heavy atom. The number of aryl methyl sites for hydroxylation is 1. The van der Waals surface area contributed by atoms with E-state index >= 15 is 0 Å². The molecule has 1 N–H and O–H groups in total. The Morgan fingerprint density at radius 2 is 2.22 bits per heavy atom. The number of hydrogen-bond acceptors (Lipinski definition) is 4. The van der Waals surface area contributed by atoms with Gasteiger partial charge in [0.25, 0.3) is 0 Å². The van der Waals surface area contributed by atoms with Gasteiger partial charge in [-0.05, 0) is 13.0 Å². The number of rotatable bonds is 4. The van der Waals surface area contributed by atoms with Crippen LogP contribution in [0.15, 0.2) is 18.5 Å². The Morgan fingerprint density at radius 1 is 1.44 bits per heavy atom. The van der Waals surface area contributed by atoms with Crippen LogP contribution >= 0.6 is 11.3 Å². The molecule has 18 heavy (non-hydrogen) atoms. The summed E-state index contributed by atoms with van der Waals surface area (Å²) in [6.07, 6.45) is 2.80. The zero-order valence-corrected chi connectivity index (χ0v) is 11.5. The molecular formula is C13H16FN3S. The van der Waals surface area contributed by atoms with Crippen LogP contribution in [0.5, 0.6) is 0 Å². The molecule has 2 rings (SSSR count). The summed E-state index contributed by atoms with van der Waals surface area (Å²) in [6.45, 7) is 6.92. The van der Waals surface area contributed by atoms with Gasteiger partial charge in [0.05, 0.1) is 11.9 Å². The van der Waals surface area contributed by atoms with Gasteiger partial charge in [-0.15, -0.1) is 11.3 Å². The average molecular weight is 265 g/mol. The van der Waals surface area contributed by atoms with E-state index in [-0.39, 0.29) is 5.82 Å². The number of halogens is 1. The Balaban J connectivity index is 2.26. The Bertz CT molecular complexity index is 537. The summed E-state index contributed by atoms with van der Waals surface area (Å²) in [5, 5.41) is 4.06. The third kappa shape index (κ3) is 2.91. The summed E-state index contributed by atoms with van der Waals surface area (Å²) in [6, 6.07) is 2.08. The number of nitrogens with one attached hydrogen (secondary N) is 1. The molecule has 2 heterocycles. The Hall–Kier alpha value is -1.33. The van der Waals surface area contributed by atoms with Crippen molar-refractivity contribution in [3.63, 3.8) is 0 Å². The molecule has 5 heteroatoms. The molecule has 0 aliphatic rings. The summed E-state index contributed by atoms with van der Waals surface area (Å²) < 4.78 is 13.6. The zero-order chi connectivity index (χ0) is 13.1. The maximum Gasteiger partial charge on any atom is 0.151 e. The lowest BCUT2D eigenvalue weighted by Crippen LogP contribution is -2.21. The van der Waals surface area contributed by atoms with Crippen LogP contribution in [-0.4, -0.2) is 16.0 Å². The molecule has 0 radical (unpaired) electrons. The third-order valence-electron chi connectivity index (χ3n) is 2.57. The van der Waals surface area contributed by atoms with Crippen molar-refractivity contribution in [1.29, 1.82) is 0 Å². The van der Waals surface area contributed by atoms with E-state index in [0.29, 0.717) is 16.6 Å². The minimum absolute atomic E-state index is 0.324. The smallest absolute Gasteiger partial charge is 0.151 e. The molecule has 0 aliphatic heterocycles. The van der Waals surface area contributed by atoms with Gasteiger partial charge in [-0.2, -0.15) is 0 Å². The van der Waals surface area contributed by atoms with E-state index in [4.69, 9.17) is 0 Å². The summed E-state index contributed by atoms with van der Waals surface area (Å²) in [5.74, 6) is -0.324. The van der Waals surface area contributed by atoms with Crippen LogP contribution < -0.4 is 5.32 Å². The minimum atomic E-state index is -0.324. The van der Waals surface area contributed by atoms with Gasteiger partial charge in [-0.3, -0.25) is 4.98 Å². The maximum atomic E-state index is 13.6. The van der Waals surface area contributed by atoms with E-state index < -0.39 is 0 Å². The molecule has 3 nitrogen and oxygen atoms in total. The lowest BCUT2D eigenvalue weighted by atomic mass is 10.3. The van der Waals surface area contributed by atoms with Crippen LogP contribution in [0.3, 0.4) is 0 Å². The molecule has 0 aliphatic carbocycles. The molecule has 0 amide bonds. The second-order valence-electron chi connectivity index (χ2n) is 4.42. The first-order valence-electron chi connectivity index (χ1n) is 5.87. The van der Waals surface area contributed by atoms with E-state index in [1.165, 1.54) is 17.5 Å². The van der Waals surface area contributed by atoms with Crippen LogP contribution in [-0.2, 0) is 6.54 Å². The fourth-order valence-electron chi connectivity index (χ4n) is 1.55. The SMILES string of the molecule is Cc1nc(-c2ccncc2F)sc1CNC(C)C. The summed E-state index contributed by atoms with van der Waals surface area (Å²) in [4.78, 5) is 9.33. The quantitative estimate of drug-likeness (QED) is 0.922. The fourth-order valence-corrected chi connectivity index (χ4v) is 2.59. The van der Waals surface area contributed by atoms with E-state index in [1.807, 2.05) is 6.92 Å². The Labute approximate surface area is 110 Å². The van der Waals surface area contributed by atoms with E-state index in [2.05, 4.69) is 29.1 Å². The lowest BCUT2D eigenvalue weighted by molar-refractivity contribution is 0.591. The van der Waals surface area contributed by atoms with Crippen LogP contribution in [0.25, 0.3) is 10.6 Å². The van der Waals surface area contributed by atoms with Crippen molar-refractivity contribution < 1.29 is 4.39 Å². The molecule has 2 aromatic heterocycles. The molecule has 0 spiro atoms. The molecule has 2 aromatic rings. The van der Waals surface area contributed by atoms with Crippen molar-refractivity contribution in [2.24, 2.45) is 0 Å². The van der Waals surface area contributed by atoms with Gasteiger partial charge in [-0.25, -0.2) is 9.37 Å². The van der Waals surface area contributed by atoms with E-state index in [0.717, 1.165) is 17.1 Å². The van der Waals surface area contributed by atoms with Crippen LogP contribution in [0, 0.1) is 12.7 Å². The zero-order valence-electron chi connectivity index (χ0n) is 10.7. The van der Waals surface area contributed by atoms with Gasteiger partial charge in [0.2, 0.25) is 0 Å². The number of thiazole rings is 1. The highest BCUT2D eigenvalue weighted by Crippen LogP contribution is 2.29. The second kappa shape index (κ2) is 5.54. The van der Waals surface area contributed by atoms with Gasteiger partial charge < -0.3 is 5.32 Å². The molecule has 0 bridgehead atoms. The molecule has 0 unspecified atom stereocenters. The van der Waals surface area contributed by atoms with Crippen molar-refractivity contribution in [1.82, 2.24) is 15.3 Å².